The van der Waals surface area contributed by atoms with Gasteiger partial charge in [-0.15, -0.1) is 0 Å². The van der Waals surface area contributed by atoms with Crippen LogP contribution >= 0.6 is 31.9 Å². The average Bonchev–Trinajstić information content (AvgIpc) is 2.43. The first-order valence-corrected chi connectivity index (χ1v) is 7.20. The lowest BCUT2D eigenvalue weighted by molar-refractivity contribution is -0.222. The summed E-state index contributed by atoms with van der Waals surface area (Å²) < 4.78 is 17.5. The second-order valence-corrected chi connectivity index (χ2v) is 5.63. The molecule has 1 rings (SSSR count). The molecule has 0 aliphatic carbocycles. The summed E-state index contributed by atoms with van der Waals surface area (Å²) in [6.45, 7) is 0. The van der Waals surface area contributed by atoms with E-state index in [4.69, 9.17) is 9.47 Å². The lowest BCUT2D eigenvalue weighted by Gasteiger charge is -2.32. The first-order valence-electron chi connectivity index (χ1n) is 5.61. The van der Waals surface area contributed by atoms with Crippen LogP contribution in [0.25, 0.3) is 0 Å². The van der Waals surface area contributed by atoms with Crippen molar-refractivity contribution in [2.24, 2.45) is 0 Å². The normalized spacial score (nSPS) is 11.4. The highest BCUT2D eigenvalue weighted by atomic mass is 79.9. The van der Waals surface area contributed by atoms with E-state index in [1.54, 1.807) is 14.2 Å². The Labute approximate surface area is 129 Å². The highest BCUT2D eigenvalue weighted by Gasteiger charge is 2.34. The molecule has 0 unspecified atom stereocenters. The molecule has 0 saturated heterocycles. The zero-order chi connectivity index (χ0) is 14.5. The van der Waals surface area contributed by atoms with Crippen molar-refractivity contribution in [3.63, 3.8) is 0 Å². The Balaban J connectivity index is 3.10. The molecule has 0 aliphatic rings. The van der Waals surface area contributed by atoms with Crippen molar-refractivity contribution in [3.8, 4) is 0 Å². The number of methoxy groups -OCH3 is 3. The molecule has 0 spiro atoms. The van der Waals surface area contributed by atoms with E-state index in [1.807, 2.05) is 18.2 Å². The number of hydrogen-bond donors (Lipinski definition) is 0. The SMILES string of the molecule is COC(=O)CCC(OC)(OC)c1cc(Br)ccc1Br. The van der Waals surface area contributed by atoms with Gasteiger partial charge in [-0.05, 0) is 18.2 Å². The first-order chi connectivity index (χ1) is 8.99. The van der Waals surface area contributed by atoms with Gasteiger partial charge in [-0.3, -0.25) is 4.79 Å². The predicted octanol–water partition coefficient (Wildman–Crippen LogP) is 3.61. The Bertz CT molecular complexity index is 444. The Morgan fingerprint density at radius 2 is 1.84 bits per heavy atom. The minimum absolute atomic E-state index is 0.205. The second kappa shape index (κ2) is 7.38. The Morgan fingerprint density at radius 1 is 1.21 bits per heavy atom. The molecule has 1 aromatic carbocycles. The Morgan fingerprint density at radius 3 is 2.37 bits per heavy atom. The highest BCUT2D eigenvalue weighted by molar-refractivity contribution is 9.11. The summed E-state index contributed by atoms with van der Waals surface area (Å²) in [6.07, 6.45) is 0.568. The number of esters is 1. The first kappa shape index (κ1) is 16.6. The summed E-state index contributed by atoms with van der Waals surface area (Å²) >= 11 is 6.89. The minimum Gasteiger partial charge on any atom is -0.469 e. The van der Waals surface area contributed by atoms with E-state index >= 15 is 0 Å². The summed E-state index contributed by atoms with van der Waals surface area (Å²) in [5.41, 5.74) is 0.816. The number of hydrogen-bond acceptors (Lipinski definition) is 4. The fourth-order valence-electron chi connectivity index (χ4n) is 1.80. The van der Waals surface area contributed by atoms with Crippen molar-refractivity contribution in [2.75, 3.05) is 21.3 Å². The lowest BCUT2D eigenvalue weighted by atomic mass is 10.0. The maximum Gasteiger partial charge on any atom is 0.305 e. The summed E-state index contributed by atoms with van der Waals surface area (Å²) in [7, 11) is 4.46. The monoisotopic (exact) mass is 394 g/mol. The quantitative estimate of drug-likeness (QED) is 0.545. The van der Waals surface area contributed by atoms with Crippen LogP contribution in [0.2, 0.25) is 0 Å². The summed E-state index contributed by atoms with van der Waals surface area (Å²) in [5, 5.41) is 0. The number of rotatable bonds is 6. The van der Waals surface area contributed by atoms with Gasteiger partial charge in [0.05, 0.1) is 13.5 Å². The summed E-state index contributed by atoms with van der Waals surface area (Å²) in [6, 6.07) is 5.70. The molecule has 0 bridgehead atoms. The van der Waals surface area contributed by atoms with Gasteiger partial charge >= 0.3 is 5.97 Å². The van der Waals surface area contributed by atoms with Crippen LogP contribution in [-0.2, 0) is 24.8 Å². The van der Waals surface area contributed by atoms with Gasteiger partial charge in [0.15, 0.2) is 5.79 Å². The standard InChI is InChI=1S/C13H16Br2O4/c1-17-12(16)6-7-13(18-2,19-3)10-8-9(14)4-5-11(10)15/h4-5,8H,6-7H2,1-3H3. The smallest absolute Gasteiger partial charge is 0.305 e. The van der Waals surface area contributed by atoms with Gasteiger partial charge in [-0.25, -0.2) is 0 Å². The van der Waals surface area contributed by atoms with Crippen LogP contribution < -0.4 is 0 Å². The number of carbonyl (C=O) groups excluding carboxylic acids is 1. The Kier molecular flexibility index (Phi) is 6.46. The van der Waals surface area contributed by atoms with E-state index in [-0.39, 0.29) is 12.4 Å². The maximum atomic E-state index is 11.3. The molecule has 1 aromatic rings. The number of halogens is 2. The topological polar surface area (TPSA) is 44.8 Å². The third kappa shape index (κ3) is 4.02. The molecule has 0 radical (unpaired) electrons. The van der Waals surface area contributed by atoms with Gasteiger partial charge < -0.3 is 14.2 Å². The zero-order valence-corrected chi connectivity index (χ0v) is 14.2. The average molecular weight is 396 g/mol. The summed E-state index contributed by atoms with van der Waals surface area (Å²) in [5.74, 6) is -1.29. The predicted molar refractivity (Wildman–Crippen MR) is 78.8 cm³/mol. The molecule has 4 nitrogen and oxygen atoms in total. The molecule has 106 valence electrons. The zero-order valence-electron chi connectivity index (χ0n) is 11.0. The van der Waals surface area contributed by atoms with Crippen molar-refractivity contribution < 1.29 is 19.0 Å². The maximum absolute atomic E-state index is 11.3. The van der Waals surface area contributed by atoms with Gasteiger partial charge in [-0.2, -0.15) is 0 Å². The van der Waals surface area contributed by atoms with Crippen molar-refractivity contribution in [1.29, 1.82) is 0 Å². The van der Waals surface area contributed by atoms with E-state index < -0.39 is 5.79 Å². The highest BCUT2D eigenvalue weighted by Crippen LogP contribution is 2.37. The molecule has 0 saturated carbocycles. The number of benzene rings is 1. The van der Waals surface area contributed by atoms with Gasteiger partial charge in [0.2, 0.25) is 0 Å². The van der Waals surface area contributed by atoms with Crippen LogP contribution in [0, 0.1) is 0 Å². The molecular weight excluding hydrogens is 380 g/mol. The van der Waals surface area contributed by atoms with Gasteiger partial charge in [0.1, 0.15) is 0 Å². The fraction of sp³-hybridized carbons (Fsp3) is 0.462. The van der Waals surface area contributed by atoms with Gasteiger partial charge in [0, 0.05) is 35.1 Å². The van der Waals surface area contributed by atoms with Crippen molar-refractivity contribution in [3.05, 3.63) is 32.7 Å². The number of ether oxygens (including phenoxy) is 3. The van der Waals surface area contributed by atoms with Crippen LogP contribution in [0.1, 0.15) is 18.4 Å². The second-order valence-electron chi connectivity index (χ2n) is 3.86. The molecule has 0 aliphatic heterocycles. The van der Waals surface area contributed by atoms with Crippen molar-refractivity contribution in [2.45, 2.75) is 18.6 Å². The van der Waals surface area contributed by atoms with Crippen LogP contribution in [0.4, 0.5) is 0 Å². The molecule has 0 heterocycles. The Hall–Kier alpha value is -0.430. The molecule has 0 N–H and O–H groups in total. The molecule has 0 aromatic heterocycles. The fourth-order valence-corrected chi connectivity index (χ4v) is 2.71. The van der Waals surface area contributed by atoms with Crippen LogP contribution in [0.15, 0.2) is 27.1 Å². The van der Waals surface area contributed by atoms with Crippen LogP contribution in [0.5, 0.6) is 0 Å². The van der Waals surface area contributed by atoms with Gasteiger partial charge in [-0.1, -0.05) is 31.9 Å². The molecule has 0 amide bonds. The van der Waals surface area contributed by atoms with E-state index in [0.29, 0.717) is 6.42 Å². The molecule has 19 heavy (non-hydrogen) atoms. The molecule has 0 fully saturated rings. The minimum atomic E-state index is -0.989. The number of carbonyl (C=O) groups is 1. The van der Waals surface area contributed by atoms with E-state index in [1.165, 1.54) is 7.11 Å². The van der Waals surface area contributed by atoms with Crippen molar-refractivity contribution in [1.82, 2.24) is 0 Å². The molecule has 0 atom stereocenters. The largest absolute Gasteiger partial charge is 0.469 e. The molecule has 6 heteroatoms. The van der Waals surface area contributed by atoms with E-state index in [9.17, 15) is 4.79 Å². The van der Waals surface area contributed by atoms with Crippen molar-refractivity contribution >= 4 is 37.8 Å². The summed E-state index contributed by atoms with van der Waals surface area (Å²) in [4.78, 5) is 11.3. The lowest BCUT2D eigenvalue weighted by Crippen LogP contribution is -2.32. The van der Waals surface area contributed by atoms with E-state index in [2.05, 4.69) is 36.6 Å². The third-order valence-electron chi connectivity index (χ3n) is 2.88. The van der Waals surface area contributed by atoms with Gasteiger partial charge in [0.25, 0.3) is 0 Å². The van der Waals surface area contributed by atoms with E-state index in [0.717, 1.165) is 14.5 Å². The third-order valence-corrected chi connectivity index (χ3v) is 4.07. The van der Waals surface area contributed by atoms with Crippen LogP contribution in [0.3, 0.4) is 0 Å². The van der Waals surface area contributed by atoms with Crippen LogP contribution in [-0.4, -0.2) is 27.3 Å². The molecular formula is C13H16Br2O4.